The second-order valence-electron chi connectivity index (χ2n) is 4.31. The normalized spacial score (nSPS) is 12.3. The van der Waals surface area contributed by atoms with E-state index in [1.54, 1.807) is 6.07 Å². The number of nitrogens with one attached hydrogen (secondary N) is 1. The molecule has 1 atom stereocenters. The van der Waals surface area contributed by atoms with Gasteiger partial charge >= 0.3 is 5.97 Å². The number of aliphatic hydroxyl groups excluding tert-OH is 1. The summed E-state index contributed by atoms with van der Waals surface area (Å²) < 4.78 is 0. The molecule has 2 rings (SSSR count). The van der Waals surface area contributed by atoms with Gasteiger partial charge in [0.2, 0.25) is 0 Å². The van der Waals surface area contributed by atoms with Gasteiger partial charge in [-0.25, -0.2) is 9.78 Å². The molecule has 1 heterocycles. The quantitative estimate of drug-likeness (QED) is 0.767. The van der Waals surface area contributed by atoms with Crippen LogP contribution in [0.4, 0.5) is 5.69 Å². The van der Waals surface area contributed by atoms with E-state index in [0.29, 0.717) is 11.2 Å². The third kappa shape index (κ3) is 2.82. The number of rotatable bonds is 5. The molecule has 0 bridgehead atoms. The summed E-state index contributed by atoms with van der Waals surface area (Å²) in [6.07, 6.45) is 0.746. The van der Waals surface area contributed by atoms with Gasteiger partial charge in [0.1, 0.15) is 0 Å². The highest BCUT2D eigenvalue weighted by Crippen LogP contribution is 2.24. The number of carboxylic acid groups (broad SMARTS) is 1. The molecule has 19 heavy (non-hydrogen) atoms. The number of nitrogens with zero attached hydrogens (tertiary/aromatic N) is 1. The number of aliphatic hydroxyl groups is 1. The topological polar surface area (TPSA) is 82.5 Å². The molecule has 3 N–H and O–H groups in total. The highest BCUT2D eigenvalue weighted by atomic mass is 16.4. The van der Waals surface area contributed by atoms with Gasteiger partial charge in [-0.05, 0) is 18.6 Å². The maximum absolute atomic E-state index is 11.1. The molecule has 0 saturated heterocycles. The van der Waals surface area contributed by atoms with E-state index >= 15 is 0 Å². The minimum Gasteiger partial charge on any atom is -0.477 e. The molecule has 0 spiro atoms. The van der Waals surface area contributed by atoms with Crippen LogP contribution in [0.15, 0.2) is 30.3 Å². The number of hydrogen-bond donors (Lipinski definition) is 3. The molecular formula is C14H16N2O3. The van der Waals surface area contributed by atoms with Gasteiger partial charge < -0.3 is 15.5 Å². The van der Waals surface area contributed by atoms with E-state index < -0.39 is 5.97 Å². The molecule has 5 heteroatoms. The molecule has 0 aliphatic rings. The monoisotopic (exact) mass is 260 g/mol. The van der Waals surface area contributed by atoms with Crippen molar-refractivity contribution >= 4 is 22.6 Å². The van der Waals surface area contributed by atoms with Crippen LogP contribution >= 0.6 is 0 Å². The first-order valence-electron chi connectivity index (χ1n) is 6.16. The average Bonchev–Trinajstić information content (AvgIpc) is 2.44. The van der Waals surface area contributed by atoms with Gasteiger partial charge in [-0.15, -0.1) is 0 Å². The van der Waals surface area contributed by atoms with Crippen molar-refractivity contribution in [3.8, 4) is 0 Å². The summed E-state index contributed by atoms with van der Waals surface area (Å²) in [7, 11) is 0. The number of carbonyl (C=O) groups is 1. The number of benzene rings is 1. The zero-order chi connectivity index (χ0) is 13.8. The molecule has 0 aliphatic heterocycles. The Bertz CT molecular complexity index is 594. The fourth-order valence-electron chi connectivity index (χ4n) is 1.90. The summed E-state index contributed by atoms with van der Waals surface area (Å²) in [6, 6.07) is 8.73. The lowest BCUT2D eigenvalue weighted by Gasteiger charge is -2.17. The lowest BCUT2D eigenvalue weighted by Crippen LogP contribution is -2.23. The van der Waals surface area contributed by atoms with Crippen molar-refractivity contribution in [1.29, 1.82) is 0 Å². The molecule has 1 aromatic heterocycles. The molecule has 100 valence electrons. The van der Waals surface area contributed by atoms with Crippen LogP contribution in [-0.4, -0.2) is 33.8 Å². The first kappa shape index (κ1) is 13.3. The van der Waals surface area contributed by atoms with Crippen LogP contribution in [0.3, 0.4) is 0 Å². The molecule has 5 nitrogen and oxygen atoms in total. The third-order valence-corrected chi connectivity index (χ3v) is 3.01. The first-order chi connectivity index (χ1) is 9.15. The number of pyridine rings is 1. The molecule has 2 aromatic rings. The Hall–Kier alpha value is -2.14. The molecule has 0 aliphatic carbocycles. The van der Waals surface area contributed by atoms with E-state index in [-0.39, 0.29) is 18.3 Å². The minimum atomic E-state index is -1.06. The summed E-state index contributed by atoms with van der Waals surface area (Å²) >= 11 is 0. The smallest absolute Gasteiger partial charge is 0.354 e. The lowest BCUT2D eigenvalue weighted by atomic mass is 10.1. The van der Waals surface area contributed by atoms with E-state index in [1.807, 2.05) is 25.1 Å². The van der Waals surface area contributed by atoms with Crippen LogP contribution in [-0.2, 0) is 0 Å². The van der Waals surface area contributed by atoms with Crippen molar-refractivity contribution in [3.05, 3.63) is 36.0 Å². The van der Waals surface area contributed by atoms with Crippen molar-refractivity contribution in [3.63, 3.8) is 0 Å². The zero-order valence-electron chi connectivity index (χ0n) is 10.6. The Morgan fingerprint density at radius 3 is 2.79 bits per heavy atom. The van der Waals surface area contributed by atoms with E-state index in [4.69, 9.17) is 5.11 Å². The van der Waals surface area contributed by atoms with Gasteiger partial charge in [0, 0.05) is 17.1 Å². The van der Waals surface area contributed by atoms with Gasteiger partial charge in [0.05, 0.1) is 12.1 Å². The lowest BCUT2D eigenvalue weighted by molar-refractivity contribution is 0.0691. The van der Waals surface area contributed by atoms with Gasteiger partial charge in [-0.2, -0.15) is 0 Å². The largest absolute Gasteiger partial charge is 0.477 e. The number of aromatic carboxylic acids is 1. The zero-order valence-corrected chi connectivity index (χ0v) is 10.6. The molecular weight excluding hydrogens is 244 g/mol. The Labute approximate surface area is 110 Å². The Balaban J connectivity index is 2.53. The van der Waals surface area contributed by atoms with E-state index in [1.165, 1.54) is 6.07 Å². The minimum absolute atomic E-state index is 0.00441. The standard InChI is InChI=1S/C14H16N2O3/c1-2-9(8-17)15-12-7-13(14(18)19)16-11-6-4-3-5-10(11)12/h3-7,9,17H,2,8H2,1H3,(H,15,16)(H,18,19). The van der Waals surface area contributed by atoms with Crippen LogP contribution in [0.2, 0.25) is 0 Å². The fourth-order valence-corrected chi connectivity index (χ4v) is 1.90. The molecule has 1 aromatic carbocycles. The van der Waals surface area contributed by atoms with Crippen LogP contribution in [0.5, 0.6) is 0 Å². The Morgan fingerprint density at radius 1 is 1.42 bits per heavy atom. The molecule has 0 fully saturated rings. The van der Waals surface area contributed by atoms with Gasteiger partial charge in [0.15, 0.2) is 5.69 Å². The number of aromatic nitrogens is 1. The predicted molar refractivity (Wildman–Crippen MR) is 73.5 cm³/mol. The number of para-hydroxylation sites is 1. The summed E-state index contributed by atoms with van der Waals surface area (Å²) in [5.74, 6) is -1.06. The van der Waals surface area contributed by atoms with Crippen molar-refractivity contribution in [2.24, 2.45) is 0 Å². The second-order valence-corrected chi connectivity index (χ2v) is 4.31. The number of hydrogen-bond acceptors (Lipinski definition) is 4. The van der Waals surface area contributed by atoms with Gasteiger partial charge in [0.25, 0.3) is 0 Å². The number of fused-ring (bicyclic) bond motifs is 1. The maximum atomic E-state index is 11.1. The van der Waals surface area contributed by atoms with Gasteiger partial charge in [-0.3, -0.25) is 0 Å². The summed E-state index contributed by atoms with van der Waals surface area (Å²) in [6.45, 7) is 1.95. The number of anilines is 1. The van der Waals surface area contributed by atoms with Crippen molar-refractivity contribution in [1.82, 2.24) is 4.98 Å². The van der Waals surface area contributed by atoms with E-state index in [2.05, 4.69) is 10.3 Å². The van der Waals surface area contributed by atoms with Crippen molar-refractivity contribution in [2.45, 2.75) is 19.4 Å². The van der Waals surface area contributed by atoms with E-state index in [0.717, 1.165) is 11.8 Å². The predicted octanol–water partition coefficient (Wildman–Crippen LogP) is 2.12. The second kappa shape index (κ2) is 5.67. The molecule has 0 radical (unpaired) electrons. The first-order valence-corrected chi connectivity index (χ1v) is 6.16. The molecule has 0 saturated carbocycles. The fraction of sp³-hybridized carbons (Fsp3) is 0.286. The molecule has 1 unspecified atom stereocenters. The van der Waals surface area contributed by atoms with Crippen LogP contribution in [0.1, 0.15) is 23.8 Å². The van der Waals surface area contributed by atoms with Crippen LogP contribution in [0.25, 0.3) is 10.9 Å². The molecule has 0 amide bonds. The van der Waals surface area contributed by atoms with Gasteiger partial charge in [-0.1, -0.05) is 25.1 Å². The van der Waals surface area contributed by atoms with Crippen molar-refractivity contribution < 1.29 is 15.0 Å². The average molecular weight is 260 g/mol. The van der Waals surface area contributed by atoms with Crippen molar-refractivity contribution in [2.75, 3.05) is 11.9 Å². The summed E-state index contributed by atoms with van der Waals surface area (Å²) in [5, 5.41) is 22.3. The van der Waals surface area contributed by atoms with Crippen LogP contribution < -0.4 is 5.32 Å². The Kier molecular flexibility index (Phi) is 3.97. The summed E-state index contributed by atoms with van der Waals surface area (Å²) in [4.78, 5) is 15.2. The Morgan fingerprint density at radius 2 is 2.16 bits per heavy atom. The summed E-state index contributed by atoms with van der Waals surface area (Å²) in [5.41, 5.74) is 1.30. The third-order valence-electron chi connectivity index (χ3n) is 3.01. The highest BCUT2D eigenvalue weighted by Gasteiger charge is 2.12. The van der Waals surface area contributed by atoms with Crippen LogP contribution in [0, 0.1) is 0 Å². The van der Waals surface area contributed by atoms with E-state index in [9.17, 15) is 9.90 Å². The maximum Gasteiger partial charge on any atom is 0.354 e. The SMILES string of the molecule is CCC(CO)Nc1cc(C(=O)O)nc2ccccc12. The number of carboxylic acids is 1. The highest BCUT2D eigenvalue weighted by molar-refractivity contribution is 5.97.